The standard InChI is InChI=1S/C17H23NO2/c1-2-17(19)18-11-5-6-12-20-16-10-9-14-7-3-4-8-15(14)13-16/h2,9-10,13H,1,3-8,11-12H2,(H,18,19). The van der Waals surface area contributed by atoms with Gasteiger partial charge in [0.1, 0.15) is 5.75 Å². The second kappa shape index (κ2) is 7.73. The summed E-state index contributed by atoms with van der Waals surface area (Å²) in [5.41, 5.74) is 2.93. The highest BCUT2D eigenvalue weighted by molar-refractivity contribution is 5.86. The van der Waals surface area contributed by atoms with Crippen molar-refractivity contribution in [2.24, 2.45) is 0 Å². The van der Waals surface area contributed by atoms with Gasteiger partial charge in [-0.25, -0.2) is 0 Å². The summed E-state index contributed by atoms with van der Waals surface area (Å²) >= 11 is 0. The Morgan fingerprint density at radius 1 is 1.25 bits per heavy atom. The lowest BCUT2D eigenvalue weighted by molar-refractivity contribution is -0.116. The van der Waals surface area contributed by atoms with Crippen molar-refractivity contribution in [1.29, 1.82) is 0 Å². The molecule has 0 spiro atoms. The van der Waals surface area contributed by atoms with Crippen LogP contribution in [0.1, 0.15) is 36.8 Å². The van der Waals surface area contributed by atoms with Crippen molar-refractivity contribution in [3.05, 3.63) is 42.0 Å². The van der Waals surface area contributed by atoms with Crippen LogP contribution >= 0.6 is 0 Å². The molecule has 1 N–H and O–H groups in total. The monoisotopic (exact) mass is 273 g/mol. The smallest absolute Gasteiger partial charge is 0.243 e. The largest absolute Gasteiger partial charge is 0.494 e. The van der Waals surface area contributed by atoms with Crippen LogP contribution < -0.4 is 10.1 Å². The van der Waals surface area contributed by atoms with Crippen molar-refractivity contribution in [3.63, 3.8) is 0 Å². The normalized spacial score (nSPS) is 13.4. The fourth-order valence-corrected chi connectivity index (χ4v) is 2.50. The summed E-state index contributed by atoms with van der Waals surface area (Å²) in [6, 6.07) is 6.46. The molecular formula is C17H23NO2. The van der Waals surface area contributed by atoms with Gasteiger partial charge in [0.2, 0.25) is 5.91 Å². The first-order valence-electron chi connectivity index (χ1n) is 7.44. The maximum Gasteiger partial charge on any atom is 0.243 e. The zero-order chi connectivity index (χ0) is 14.2. The van der Waals surface area contributed by atoms with Crippen LogP contribution in [0.15, 0.2) is 30.9 Å². The molecule has 2 rings (SSSR count). The molecule has 1 amide bonds. The van der Waals surface area contributed by atoms with Gasteiger partial charge in [-0.15, -0.1) is 0 Å². The molecule has 3 nitrogen and oxygen atoms in total. The SMILES string of the molecule is C=CC(=O)NCCCCOc1ccc2c(c1)CCCC2. The van der Waals surface area contributed by atoms with Gasteiger partial charge < -0.3 is 10.1 Å². The van der Waals surface area contributed by atoms with Gasteiger partial charge in [0.15, 0.2) is 0 Å². The van der Waals surface area contributed by atoms with Gasteiger partial charge in [-0.1, -0.05) is 12.6 Å². The van der Waals surface area contributed by atoms with Crippen LogP contribution in [-0.4, -0.2) is 19.1 Å². The highest BCUT2D eigenvalue weighted by atomic mass is 16.5. The molecule has 0 atom stereocenters. The molecule has 0 radical (unpaired) electrons. The van der Waals surface area contributed by atoms with E-state index in [1.807, 2.05) is 0 Å². The second-order valence-electron chi connectivity index (χ2n) is 5.19. The molecule has 0 saturated carbocycles. The Balaban J connectivity index is 1.67. The van der Waals surface area contributed by atoms with E-state index in [9.17, 15) is 4.79 Å². The van der Waals surface area contributed by atoms with Crippen LogP contribution in [0.4, 0.5) is 0 Å². The molecule has 0 bridgehead atoms. The minimum absolute atomic E-state index is 0.111. The summed E-state index contributed by atoms with van der Waals surface area (Å²) in [7, 11) is 0. The number of hydrogen-bond donors (Lipinski definition) is 1. The van der Waals surface area contributed by atoms with E-state index in [0.717, 1.165) is 18.6 Å². The third-order valence-corrected chi connectivity index (χ3v) is 3.64. The van der Waals surface area contributed by atoms with Gasteiger partial charge in [-0.2, -0.15) is 0 Å². The number of amides is 1. The summed E-state index contributed by atoms with van der Waals surface area (Å²) in [5.74, 6) is 0.862. The molecular weight excluding hydrogens is 250 g/mol. The molecule has 1 aromatic rings. The maximum atomic E-state index is 10.9. The summed E-state index contributed by atoms with van der Waals surface area (Å²) in [6.45, 7) is 4.79. The maximum absolute atomic E-state index is 10.9. The van der Waals surface area contributed by atoms with Gasteiger partial charge in [-0.3, -0.25) is 4.79 Å². The van der Waals surface area contributed by atoms with Crippen molar-refractivity contribution < 1.29 is 9.53 Å². The minimum atomic E-state index is -0.111. The van der Waals surface area contributed by atoms with Crippen molar-refractivity contribution in [2.45, 2.75) is 38.5 Å². The average Bonchev–Trinajstić information content (AvgIpc) is 2.50. The van der Waals surface area contributed by atoms with Gasteiger partial charge in [-0.05, 0) is 67.9 Å². The number of nitrogens with one attached hydrogen (secondary N) is 1. The van der Waals surface area contributed by atoms with Crippen LogP contribution in [0.2, 0.25) is 0 Å². The molecule has 1 aliphatic rings. The molecule has 1 aromatic carbocycles. The number of ether oxygens (including phenoxy) is 1. The predicted octanol–water partition coefficient (Wildman–Crippen LogP) is 3.03. The van der Waals surface area contributed by atoms with E-state index >= 15 is 0 Å². The van der Waals surface area contributed by atoms with E-state index in [2.05, 4.69) is 30.1 Å². The number of benzene rings is 1. The Morgan fingerprint density at radius 3 is 2.85 bits per heavy atom. The van der Waals surface area contributed by atoms with Crippen molar-refractivity contribution in [3.8, 4) is 5.75 Å². The predicted molar refractivity (Wildman–Crippen MR) is 81.0 cm³/mol. The number of aryl methyl sites for hydroxylation is 2. The van der Waals surface area contributed by atoms with Gasteiger partial charge in [0, 0.05) is 6.54 Å². The van der Waals surface area contributed by atoms with Gasteiger partial charge >= 0.3 is 0 Å². The quantitative estimate of drug-likeness (QED) is 0.612. The zero-order valence-corrected chi connectivity index (χ0v) is 12.0. The van der Waals surface area contributed by atoms with Gasteiger partial charge in [0.05, 0.1) is 6.61 Å². The van der Waals surface area contributed by atoms with E-state index in [1.54, 1.807) is 0 Å². The van der Waals surface area contributed by atoms with Crippen LogP contribution in [0, 0.1) is 0 Å². The summed E-state index contributed by atoms with van der Waals surface area (Å²) in [6.07, 6.45) is 8.14. The average molecular weight is 273 g/mol. The summed E-state index contributed by atoms with van der Waals surface area (Å²) in [5, 5.41) is 2.76. The molecule has 0 aliphatic heterocycles. The summed E-state index contributed by atoms with van der Waals surface area (Å²) in [4.78, 5) is 10.9. The number of fused-ring (bicyclic) bond motifs is 1. The Kier molecular flexibility index (Phi) is 5.66. The third kappa shape index (κ3) is 4.41. The number of hydrogen-bond acceptors (Lipinski definition) is 2. The molecule has 0 fully saturated rings. The van der Waals surface area contributed by atoms with Crippen LogP contribution in [0.5, 0.6) is 5.75 Å². The van der Waals surface area contributed by atoms with E-state index in [0.29, 0.717) is 13.2 Å². The Hall–Kier alpha value is -1.77. The Bertz CT molecular complexity index is 468. The molecule has 0 saturated heterocycles. The fourth-order valence-electron chi connectivity index (χ4n) is 2.50. The number of unbranched alkanes of at least 4 members (excludes halogenated alkanes) is 1. The Labute approximate surface area is 121 Å². The van der Waals surface area contributed by atoms with Crippen molar-refractivity contribution in [2.75, 3.05) is 13.2 Å². The Morgan fingerprint density at radius 2 is 2.05 bits per heavy atom. The number of carbonyl (C=O) groups excluding carboxylic acids is 1. The number of carbonyl (C=O) groups is 1. The molecule has 0 unspecified atom stereocenters. The lowest BCUT2D eigenvalue weighted by Gasteiger charge is -2.16. The van der Waals surface area contributed by atoms with Crippen LogP contribution in [0.3, 0.4) is 0 Å². The number of rotatable bonds is 7. The highest BCUT2D eigenvalue weighted by Gasteiger charge is 2.09. The van der Waals surface area contributed by atoms with E-state index in [1.165, 1.54) is 42.9 Å². The fraction of sp³-hybridized carbons (Fsp3) is 0.471. The van der Waals surface area contributed by atoms with Crippen LogP contribution in [0.25, 0.3) is 0 Å². The lowest BCUT2D eigenvalue weighted by Crippen LogP contribution is -2.22. The molecule has 0 aromatic heterocycles. The van der Waals surface area contributed by atoms with Gasteiger partial charge in [0.25, 0.3) is 0 Å². The highest BCUT2D eigenvalue weighted by Crippen LogP contribution is 2.25. The first kappa shape index (κ1) is 14.6. The van der Waals surface area contributed by atoms with Crippen molar-refractivity contribution in [1.82, 2.24) is 5.32 Å². The second-order valence-corrected chi connectivity index (χ2v) is 5.19. The lowest BCUT2D eigenvalue weighted by atomic mass is 9.92. The molecule has 1 aliphatic carbocycles. The van der Waals surface area contributed by atoms with Crippen LogP contribution in [-0.2, 0) is 17.6 Å². The molecule has 3 heteroatoms. The minimum Gasteiger partial charge on any atom is -0.494 e. The topological polar surface area (TPSA) is 38.3 Å². The van der Waals surface area contributed by atoms with E-state index in [4.69, 9.17) is 4.74 Å². The molecule has 0 heterocycles. The molecule has 108 valence electrons. The van der Waals surface area contributed by atoms with E-state index in [-0.39, 0.29) is 5.91 Å². The zero-order valence-electron chi connectivity index (χ0n) is 12.0. The first-order valence-corrected chi connectivity index (χ1v) is 7.44. The third-order valence-electron chi connectivity index (χ3n) is 3.64. The van der Waals surface area contributed by atoms with E-state index < -0.39 is 0 Å². The molecule has 20 heavy (non-hydrogen) atoms. The van der Waals surface area contributed by atoms with Crippen molar-refractivity contribution >= 4 is 5.91 Å². The first-order chi connectivity index (χ1) is 9.79. The summed E-state index contributed by atoms with van der Waals surface area (Å²) < 4.78 is 5.77.